The van der Waals surface area contributed by atoms with Gasteiger partial charge in [-0.3, -0.25) is 4.90 Å². The Balaban J connectivity index is 3.78. The van der Waals surface area contributed by atoms with Crippen molar-refractivity contribution in [1.82, 2.24) is 15.1 Å². The second kappa shape index (κ2) is 8.97. The van der Waals surface area contributed by atoms with Crippen molar-refractivity contribution in [3.8, 4) is 0 Å². The molecule has 0 fully saturated rings. The number of nitrogens with one attached hydrogen (secondary N) is 1. The molecule has 0 aliphatic heterocycles. The Labute approximate surface area is 102 Å². The molecule has 0 bridgehead atoms. The van der Waals surface area contributed by atoms with E-state index in [1.165, 1.54) is 19.5 Å². The molecule has 98 valence electrons. The molecule has 0 amide bonds. The summed E-state index contributed by atoms with van der Waals surface area (Å²) in [4.78, 5) is 4.81. The third-order valence-electron chi connectivity index (χ3n) is 2.90. The molecule has 0 aromatic heterocycles. The molecule has 1 N–H and O–H groups in total. The van der Waals surface area contributed by atoms with Gasteiger partial charge in [0.25, 0.3) is 0 Å². The lowest BCUT2D eigenvalue weighted by molar-refractivity contribution is 0.201. The van der Waals surface area contributed by atoms with E-state index in [2.05, 4.69) is 56.9 Å². The van der Waals surface area contributed by atoms with E-state index in [0.29, 0.717) is 12.1 Å². The quantitative estimate of drug-likeness (QED) is 0.648. The summed E-state index contributed by atoms with van der Waals surface area (Å²) in [7, 11) is 4.28. The molecule has 0 aromatic rings. The summed E-state index contributed by atoms with van der Waals surface area (Å²) in [6.45, 7) is 13.6. The smallest absolute Gasteiger partial charge is 0.0192 e. The summed E-state index contributed by atoms with van der Waals surface area (Å²) in [5.41, 5.74) is 0. The summed E-state index contributed by atoms with van der Waals surface area (Å²) in [5, 5.41) is 3.51. The van der Waals surface area contributed by atoms with Gasteiger partial charge in [0.15, 0.2) is 0 Å². The first kappa shape index (κ1) is 15.9. The lowest BCUT2D eigenvalue weighted by Crippen LogP contribution is -2.43. The average molecular weight is 229 g/mol. The van der Waals surface area contributed by atoms with Crippen LogP contribution in [0, 0.1) is 0 Å². The van der Waals surface area contributed by atoms with E-state index >= 15 is 0 Å². The van der Waals surface area contributed by atoms with Gasteiger partial charge in [-0.1, -0.05) is 20.8 Å². The summed E-state index contributed by atoms with van der Waals surface area (Å²) in [6.07, 6.45) is 1.26. The maximum Gasteiger partial charge on any atom is 0.0192 e. The van der Waals surface area contributed by atoms with Gasteiger partial charge in [0.1, 0.15) is 0 Å². The highest BCUT2D eigenvalue weighted by atomic mass is 15.2. The largest absolute Gasteiger partial charge is 0.313 e. The van der Waals surface area contributed by atoms with Gasteiger partial charge in [-0.05, 0) is 47.1 Å². The molecule has 0 rings (SSSR count). The third kappa shape index (κ3) is 8.08. The van der Waals surface area contributed by atoms with E-state index < -0.39 is 0 Å². The molecule has 0 aliphatic rings. The van der Waals surface area contributed by atoms with Crippen molar-refractivity contribution < 1.29 is 0 Å². The predicted molar refractivity (Wildman–Crippen MR) is 73.0 cm³/mol. The molecule has 3 heteroatoms. The van der Waals surface area contributed by atoms with Gasteiger partial charge in [-0.25, -0.2) is 0 Å². The molecule has 16 heavy (non-hydrogen) atoms. The van der Waals surface area contributed by atoms with E-state index in [9.17, 15) is 0 Å². The molecular weight excluding hydrogens is 198 g/mol. The van der Waals surface area contributed by atoms with Crippen LogP contribution in [0.2, 0.25) is 0 Å². The molecular formula is C13H31N3. The molecule has 0 aromatic carbocycles. The predicted octanol–water partition coefficient (Wildman–Crippen LogP) is 1.65. The Morgan fingerprint density at radius 1 is 1.06 bits per heavy atom. The minimum Gasteiger partial charge on any atom is -0.313 e. The lowest BCUT2D eigenvalue weighted by atomic mass is 10.2. The van der Waals surface area contributed by atoms with Gasteiger partial charge in [0, 0.05) is 18.6 Å². The summed E-state index contributed by atoms with van der Waals surface area (Å²) in [6, 6.07) is 1.22. The van der Waals surface area contributed by atoms with Crippen LogP contribution in [0.4, 0.5) is 0 Å². The third-order valence-corrected chi connectivity index (χ3v) is 2.90. The molecule has 0 aliphatic carbocycles. The second-order valence-electron chi connectivity index (χ2n) is 5.20. The number of nitrogens with zero attached hydrogens (tertiary/aromatic N) is 2. The van der Waals surface area contributed by atoms with Gasteiger partial charge >= 0.3 is 0 Å². The van der Waals surface area contributed by atoms with Crippen LogP contribution >= 0.6 is 0 Å². The summed E-state index contributed by atoms with van der Waals surface area (Å²) < 4.78 is 0. The fourth-order valence-electron chi connectivity index (χ4n) is 1.82. The van der Waals surface area contributed by atoms with Crippen molar-refractivity contribution in [1.29, 1.82) is 0 Å². The van der Waals surface area contributed by atoms with E-state index in [1.807, 2.05) is 0 Å². The summed E-state index contributed by atoms with van der Waals surface area (Å²) >= 11 is 0. The first-order valence-electron chi connectivity index (χ1n) is 6.59. The van der Waals surface area contributed by atoms with E-state index in [0.717, 1.165) is 13.1 Å². The highest BCUT2D eigenvalue weighted by Crippen LogP contribution is 2.00. The Bertz CT molecular complexity index is 157. The minimum atomic E-state index is 0.586. The molecule has 3 nitrogen and oxygen atoms in total. The highest BCUT2D eigenvalue weighted by molar-refractivity contribution is 4.70. The van der Waals surface area contributed by atoms with E-state index in [-0.39, 0.29) is 0 Å². The molecule has 0 heterocycles. The van der Waals surface area contributed by atoms with Crippen LogP contribution < -0.4 is 5.32 Å². The van der Waals surface area contributed by atoms with Gasteiger partial charge < -0.3 is 10.2 Å². The van der Waals surface area contributed by atoms with Crippen LogP contribution in [0.5, 0.6) is 0 Å². The van der Waals surface area contributed by atoms with Crippen molar-refractivity contribution in [3.63, 3.8) is 0 Å². The van der Waals surface area contributed by atoms with E-state index in [4.69, 9.17) is 0 Å². The first-order chi connectivity index (χ1) is 7.47. The average Bonchev–Trinajstić information content (AvgIpc) is 2.20. The zero-order valence-electron chi connectivity index (χ0n) is 12.1. The molecule has 1 unspecified atom stereocenters. The SMILES string of the molecule is CCN(CCCN(C)C)C(C)CNC(C)C. The van der Waals surface area contributed by atoms with Crippen LogP contribution in [0.3, 0.4) is 0 Å². The van der Waals surface area contributed by atoms with Gasteiger partial charge in [0.05, 0.1) is 0 Å². The normalized spacial score (nSPS) is 14.1. The minimum absolute atomic E-state index is 0.586. The zero-order valence-corrected chi connectivity index (χ0v) is 12.1. The van der Waals surface area contributed by atoms with E-state index in [1.54, 1.807) is 0 Å². The van der Waals surface area contributed by atoms with Gasteiger partial charge in [-0.2, -0.15) is 0 Å². The maximum absolute atomic E-state index is 3.51. The maximum atomic E-state index is 3.51. The first-order valence-corrected chi connectivity index (χ1v) is 6.59. The van der Waals surface area contributed by atoms with Crippen molar-refractivity contribution in [2.45, 2.75) is 46.2 Å². The van der Waals surface area contributed by atoms with Crippen molar-refractivity contribution in [3.05, 3.63) is 0 Å². The van der Waals surface area contributed by atoms with Crippen LogP contribution in [-0.4, -0.2) is 62.2 Å². The van der Waals surface area contributed by atoms with Crippen LogP contribution in [-0.2, 0) is 0 Å². The monoisotopic (exact) mass is 229 g/mol. The fraction of sp³-hybridized carbons (Fsp3) is 1.00. The Morgan fingerprint density at radius 3 is 2.12 bits per heavy atom. The summed E-state index contributed by atoms with van der Waals surface area (Å²) in [5.74, 6) is 0. The van der Waals surface area contributed by atoms with Crippen LogP contribution in [0.15, 0.2) is 0 Å². The lowest BCUT2D eigenvalue weighted by Gasteiger charge is -2.29. The number of likely N-dealkylation sites (N-methyl/N-ethyl adjacent to an activating group) is 1. The molecule has 1 atom stereocenters. The fourth-order valence-corrected chi connectivity index (χ4v) is 1.82. The molecule has 0 saturated carbocycles. The highest BCUT2D eigenvalue weighted by Gasteiger charge is 2.11. The van der Waals surface area contributed by atoms with Crippen molar-refractivity contribution in [2.24, 2.45) is 0 Å². The Kier molecular flexibility index (Phi) is 8.90. The van der Waals surface area contributed by atoms with Gasteiger partial charge in [-0.15, -0.1) is 0 Å². The van der Waals surface area contributed by atoms with Crippen molar-refractivity contribution in [2.75, 3.05) is 40.3 Å². The van der Waals surface area contributed by atoms with Crippen molar-refractivity contribution >= 4 is 0 Å². The molecule has 0 spiro atoms. The van der Waals surface area contributed by atoms with Gasteiger partial charge in [0.2, 0.25) is 0 Å². The number of rotatable bonds is 9. The second-order valence-corrected chi connectivity index (χ2v) is 5.20. The Hall–Kier alpha value is -0.120. The van der Waals surface area contributed by atoms with Crippen LogP contribution in [0.25, 0.3) is 0 Å². The molecule has 0 saturated heterocycles. The number of hydrogen-bond donors (Lipinski definition) is 1. The Morgan fingerprint density at radius 2 is 1.69 bits per heavy atom. The number of hydrogen-bond acceptors (Lipinski definition) is 3. The zero-order chi connectivity index (χ0) is 12.6. The molecule has 0 radical (unpaired) electrons. The standard InChI is InChI=1S/C13H31N3/c1-7-16(10-8-9-15(5)6)13(4)11-14-12(2)3/h12-14H,7-11H2,1-6H3. The topological polar surface area (TPSA) is 18.5 Å². The van der Waals surface area contributed by atoms with Crippen LogP contribution in [0.1, 0.15) is 34.1 Å².